The van der Waals surface area contributed by atoms with Crippen molar-refractivity contribution in [3.05, 3.63) is 40.1 Å². The van der Waals surface area contributed by atoms with Gasteiger partial charge in [0.05, 0.1) is 0 Å². The highest BCUT2D eigenvalue weighted by molar-refractivity contribution is 9.10. The van der Waals surface area contributed by atoms with Gasteiger partial charge in [0.1, 0.15) is 0 Å². The Hall–Kier alpha value is -1.36. The smallest absolute Gasteiger partial charge is 0.321 e. The van der Waals surface area contributed by atoms with E-state index in [1.165, 1.54) is 0 Å². The van der Waals surface area contributed by atoms with Crippen LogP contribution in [0, 0.1) is 0 Å². The predicted molar refractivity (Wildman–Crippen MR) is 70.0 cm³/mol. The Bertz CT molecular complexity index is 479. The molecular weight excluding hydrogens is 282 g/mol. The Morgan fingerprint density at radius 2 is 2.00 bits per heavy atom. The molecule has 0 bridgehead atoms. The van der Waals surface area contributed by atoms with Gasteiger partial charge < -0.3 is 9.84 Å². The van der Waals surface area contributed by atoms with Crippen LogP contribution in [0.5, 0.6) is 0 Å². The van der Waals surface area contributed by atoms with Crippen LogP contribution in [-0.4, -0.2) is 16.2 Å². The third-order valence-corrected chi connectivity index (χ3v) is 2.68. The highest BCUT2D eigenvalue weighted by Crippen LogP contribution is 2.14. The number of halogens is 1. The molecule has 0 aliphatic rings. The molecule has 17 heavy (non-hydrogen) atoms. The van der Waals surface area contributed by atoms with Gasteiger partial charge >= 0.3 is 6.01 Å². The van der Waals surface area contributed by atoms with Gasteiger partial charge in [0.25, 0.3) is 0 Å². The summed E-state index contributed by atoms with van der Waals surface area (Å²) in [4.78, 5) is 4.27. The summed E-state index contributed by atoms with van der Waals surface area (Å²) in [6, 6.07) is 8.85. The fraction of sp³-hybridized carbons (Fsp3) is 0.333. The van der Waals surface area contributed by atoms with Crippen molar-refractivity contribution in [1.29, 1.82) is 0 Å². The molecule has 1 aromatic carbocycles. The third kappa shape index (κ3) is 3.56. The number of benzene rings is 1. The molecule has 5 heteroatoms. The molecule has 4 nitrogen and oxygen atoms in total. The molecule has 90 valence electrons. The maximum atomic E-state index is 5.09. The summed E-state index contributed by atoms with van der Waals surface area (Å²) in [6.07, 6.45) is 0.677. The molecule has 0 saturated heterocycles. The summed E-state index contributed by atoms with van der Waals surface area (Å²) in [5.74, 6) is 0.690. The molecule has 2 aromatic rings. The maximum absolute atomic E-state index is 5.09. The molecule has 1 N–H and O–H groups in total. The van der Waals surface area contributed by atoms with Crippen molar-refractivity contribution in [1.82, 2.24) is 10.1 Å². The van der Waals surface area contributed by atoms with Crippen molar-refractivity contribution in [2.75, 3.05) is 5.32 Å². The number of hydrogen-bond donors (Lipinski definition) is 1. The number of rotatable bonds is 4. The van der Waals surface area contributed by atoms with E-state index in [-0.39, 0.29) is 6.04 Å². The van der Waals surface area contributed by atoms with E-state index in [0.29, 0.717) is 18.3 Å². The zero-order chi connectivity index (χ0) is 12.3. The Kier molecular flexibility index (Phi) is 3.78. The standard InChI is InChI=1S/C12H14BrN3O/c1-8(2)14-12-15-11(16-17-12)7-9-3-5-10(13)6-4-9/h3-6,8H,7H2,1-2H3,(H,14,15,16). The van der Waals surface area contributed by atoms with Crippen molar-refractivity contribution < 1.29 is 4.52 Å². The minimum Gasteiger partial charge on any atom is -0.336 e. The van der Waals surface area contributed by atoms with E-state index in [2.05, 4.69) is 31.4 Å². The first-order chi connectivity index (χ1) is 8.13. The molecule has 1 heterocycles. The van der Waals surface area contributed by atoms with Crippen molar-refractivity contribution in [3.63, 3.8) is 0 Å². The maximum Gasteiger partial charge on any atom is 0.321 e. The first-order valence-electron chi connectivity index (χ1n) is 5.47. The lowest BCUT2D eigenvalue weighted by atomic mass is 10.1. The van der Waals surface area contributed by atoms with Crippen LogP contribution in [0.2, 0.25) is 0 Å². The molecule has 0 aliphatic heterocycles. The minimum atomic E-state index is 0.288. The number of nitrogens with one attached hydrogen (secondary N) is 1. The van der Waals surface area contributed by atoms with Crippen LogP contribution < -0.4 is 5.32 Å². The second kappa shape index (κ2) is 5.31. The van der Waals surface area contributed by atoms with E-state index >= 15 is 0 Å². The predicted octanol–water partition coefficient (Wildman–Crippen LogP) is 3.24. The molecule has 0 fully saturated rings. The van der Waals surface area contributed by atoms with Gasteiger partial charge in [-0.3, -0.25) is 0 Å². The summed E-state index contributed by atoms with van der Waals surface area (Å²) in [5.41, 5.74) is 1.16. The van der Waals surface area contributed by atoms with Crippen molar-refractivity contribution in [2.24, 2.45) is 0 Å². The quantitative estimate of drug-likeness (QED) is 0.941. The van der Waals surface area contributed by atoms with Gasteiger partial charge in [0, 0.05) is 16.9 Å². The molecule has 0 aliphatic carbocycles. The van der Waals surface area contributed by atoms with Crippen molar-refractivity contribution >= 4 is 21.9 Å². The Morgan fingerprint density at radius 3 is 2.65 bits per heavy atom. The normalized spacial score (nSPS) is 10.8. The zero-order valence-electron chi connectivity index (χ0n) is 9.77. The van der Waals surface area contributed by atoms with Gasteiger partial charge in [-0.1, -0.05) is 33.2 Å². The van der Waals surface area contributed by atoms with Crippen LogP contribution in [0.25, 0.3) is 0 Å². The first-order valence-corrected chi connectivity index (χ1v) is 6.26. The van der Waals surface area contributed by atoms with E-state index in [4.69, 9.17) is 4.52 Å². The summed E-state index contributed by atoms with van der Waals surface area (Å²) in [6.45, 7) is 4.05. The van der Waals surface area contributed by atoms with Crippen LogP contribution >= 0.6 is 15.9 Å². The lowest BCUT2D eigenvalue weighted by Gasteiger charge is -2.01. The summed E-state index contributed by atoms with van der Waals surface area (Å²) in [7, 11) is 0. The van der Waals surface area contributed by atoms with Crippen LogP contribution in [0.15, 0.2) is 33.3 Å². The molecule has 0 radical (unpaired) electrons. The van der Waals surface area contributed by atoms with Crippen LogP contribution in [0.1, 0.15) is 25.2 Å². The van der Waals surface area contributed by atoms with E-state index < -0.39 is 0 Å². The Morgan fingerprint density at radius 1 is 1.29 bits per heavy atom. The lowest BCUT2D eigenvalue weighted by molar-refractivity contribution is 0.421. The van der Waals surface area contributed by atoms with E-state index in [1.54, 1.807) is 0 Å². The average Bonchev–Trinajstić information content (AvgIpc) is 2.68. The van der Waals surface area contributed by atoms with Crippen LogP contribution in [0.4, 0.5) is 6.01 Å². The molecule has 0 unspecified atom stereocenters. The molecule has 0 spiro atoms. The molecule has 1 aromatic heterocycles. The summed E-state index contributed by atoms with van der Waals surface area (Å²) < 4.78 is 6.16. The third-order valence-electron chi connectivity index (χ3n) is 2.16. The molecule has 0 amide bonds. The zero-order valence-corrected chi connectivity index (χ0v) is 11.4. The highest BCUT2D eigenvalue weighted by Gasteiger charge is 2.07. The van der Waals surface area contributed by atoms with E-state index in [0.717, 1.165) is 10.0 Å². The van der Waals surface area contributed by atoms with Crippen LogP contribution in [-0.2, 0) is 6.42 Å². The topological polar surface area (TPSA) is 51.0 Å². The van der Waals surface area contributed by atoms with Gasteiger partial charge in [-0.15, -0.1) is 0 Å². The molecule has 2 rings (SSSR count). The number of anilines is 1. The second-order valence-electron chi connectivity index (χ2n) is 4.12. The molecule has 0 atom stereocenters. The summed E-state index contributed by atoms with van der Waals surface area (Å²) >= 11 is 3.40. The van der Waals surface area contributed by atoms with Crippen LogP contribution in [0.3, 0.4) is 0 Å². The fourth-order valence-corrected chi connectivity index (χ4v) is 1.68. The van der Waals surface area contributed by atoms with Crippen molar-refractivity contribution in [2.45, 2.75) is 26.3 Å². The summed E-state index contributed by atoms with van der Waals surface area (Å²) in [5, 5.41) is 7.00. The minimum absolute atomic E-state index is 0.288. The lowest BCUT2D eigenvalue weighted by Crippen LogP contribution is -2.09. The number of hydrogen-bond acceptors (Lipinski definition) is 4. The molecule has 0 saturated carbocycles. The van der Waals surface area contributed by atoms with Gasteiger partial charge in [0.15, 0.2) is 5.82 Å². The highest BCUT2D eigenvalue weighted by atomic mass is 79.9. The molecular formula is C12H14BrN3O. The van der Waals surface area contributed by atoms with Crippen molar-refractivity contribution in [3.8, 4) is 0 Å². The first kappa shape index (κ1) is 12.1. The van der Waals surface area contributed by atoms with Gasteiger partial charge in [-0.2, -0.15) is 4.98 Å². The largest absolute Gasteiger partial charge is 0.336 e. The fourth-order valence-electron chi connectivity index (χ4n) is 1.42. The second-order valence-corrected chi connectivity index (χ2v) is 5.03. The monoisotopic (exact) mass is 295 g/mol. The Labute approximate surface area is 109 Å². The van der Waals surface area contributed by atoms with Gasteiger partial charge in [-0.25, -0.2) is 0 Å². The SMILES string of the molecule is CC(C)Nc1nc(Cc2ccc(Br)cc2)no1. The van der Waals surface area contributed by atoms with E-state index in [9.17, 15) is 0 Å². The van der Waals surface area contributed by atoms with Gasteiger partial charge in [0.2, 0.25) is 0 Å². The number of aromatic nitrogens is 2. The average molecular weight is 296 g/mol. The van der Waals surface area contributed by atoms with E-state index in [1.807, 2.05) is 38.1 Å². The Balaban J connectivity index is 2.03. The van der Waals surface area contributed by atoms with Gasteiger partial charge in [-0.05, 0) is 31.5 Å². The number of nitrogens with zero attached hydrogens (tertiary/aromatic N) is 2.